The van der Waals surface area contributed by atoms with Gasteiger partial charge in [-0.25, -0.2) is 0 Å². The molecule has 0 aliphatic heterocycles. The largest absolute Gasteiger partial charge is 0.481 e. The topological polar surface area (TPSA) is 63.3 Å². The number of rotatable bonds is 3. The first-order valence-electron chi connectivity index (χ1n) is 5.06. The Hall–Kier alpha value is -1.84. The Balaban J connectivity index is 2.41. The van der Waals surface area contributed by atoms with Crippen molar-refractivity contribution in [1.29, 1.82) is 0 Å². The fourth-order valence-electron chi connectivity index (χ4n) is 1.66. The predicted molar refractivity (Wildman–Crippen MR) is 59.1 cm³/mol. The second kappa shape index (κ2) is 3.63. The third-order valence-electron chi connectivity index (χ3n) is 2.70. The van der Waals surface area contributed by atoms with E-state index in [0.717, 1.165) is 10.9 Å². The number of benzene rings is 1. The summed E-state index contributed by atoms with van der Waals surface area (Å²) >= 11 is 0. The third-order valence-corrected chi connectivity index (χ3v) is 2.70. The molecule has 2 aromatic rings. The van der Waals surface area contributed by atoms with Crippen molar-refractivity contribution in [2.45, 2.75) is 20.3 Å². The normalized spacial score (nSPS) is 11.9. The monoisotopic (exact) mass is 219 g/mol. The van der Waals surface area contributed by atoms with E-state index in [1.165, 1.54) is 0 Å². The van der Waals surface area contributed by atoms with Crippen LogP contribution in [-0.2, 0) is 11.2 Å². The van der Waals surface area contributed by atoms with Gasteiger partial charge in [0.2, 0.25) is 0 Å². The van der Waals surface area contributed by atoms with Crippen molar-refractivity contribution in [2.24, 2.45) is 5.41 Å². The Morgan fingerprint density at radius 1 is 1.50 bits per heavy atom. The molecule has 0 bridgehead atoms. The number of hydrogen-bond acceptors (Lipinski definition) is 3. The molecule has 0 saturated heterocycles. The Kier molecular flexibility index (Phi) is 2.42. The Morgan fingerprint density at radius 3 is 2.94 bits per heavy atom. The number of aliphatic carboxylic acids is 1. The molecule has 84 valence electrons. The average Bonchev–Trinajstić information content (AvgIpc) is 2.65. The van der Waals surface area contributed by atoms with Crippen molar-refractivity contribution in [1.82, 2.24) is 5.16 Å². The minimum Gasteiger partial charge on any atom is -0.481 e. The van der Waals surface area contributed by atoms with Crippen LogP contribution < -0.4 is 0 Å². The summed E-state index contributed by atoms with van der Waals surface area (Å²) in [4.78, 5) is 11.1. The summed E-state index contributed by atoms with van der Waals surface area (Å²) in [5.74, 6) is -0.805. The van der Waals surface area contributed by atoms with Crippen molar-refractivity contribution in [2.75, 3.05) is 0 Å². The molecule has 0 atom stereocenters. The van der Waals surface area contributed by atoms with Gasteiger partial charge in [-0.05, 0) is 31.9 Å². The summed E-state index contributed by atoms with van der Waals surface area (Å²) in [5, 5.41) is 13.7. The standard InChI is InChI=1S/C12H13NO3/c1-12(2,11(14)15)6-8-4-3-5-10-9(8)7-13-16-10/h3-5,7H,6H2,1-2H3,(H,14,15). The molecule has 16 heavy (non-hydrogen) atoms. The first-order valence-corrected chi connectivity index (χ1v) is 5.06. The lowest BCUT2D eigenvalue weighted by molar-refractivity contribution is -0.146. The number of carbonyl (C=O) groups is 1. The molecule has 0 aliphatic rings. The molecule has 0 fully saturated rings. The highest BCUT2D eigenvalue weighted by molar-refractivity contribution is 5.81. The fourth-order valence-corrected chi connectivity index (χ4v) is 1.66. The average molecular weight is 219 g/mol. The molecule has 0 unspecified atom stereocenters. The summed E-state index contributed by atoms with van der Waals surface area (Å²) in [6, 6.07) is 5.57. The smallest absolute Gasteiger partial charge is 0.309 e. The number of fused-ring (bicyclic) bond motifs is 1. The van der Waals surface area contributed by atoms with Gasteiger partial charge in [0.1, 0.15) is 0 Å². The molecule has 1 heterocycles. The molecule has 1 aromatic heterocycles. The Morgan fingerprint density at radius 2 is 2.25 bits per heavy atom. The second-order valence-electron chi connectivity index (χ2n) is 4.52. The molecular weight excluding hydrogens is 206 g/mol. The van der Waals surface area contributed by atoms with E-state index in [1.807, 2.05) is 18.2 Å². The summed E-state index contributed by atoms with van der Waals surface area (Å²) in [5.41, 5.74) is 0.857. The summed E-state index contributed by atoms with van der Waals surface area (Å²) < 4.78 is 5.04. The predicted octanol–water partition coefficient (Wildman–Crippen LogP) is 2.48. The zero-order valence-electron chi connectivity index (χ0n) is 9.23. The molecule has 1 aromatic carbocycles. The lowest BCUT2D eigenvalue weighted by atomic mass is 9.85. The second-order valence-corrected chi connectivity index (χ2v) is 4.52. The number of carboxylic acids is 1. The molecular formula is C12H13NO3. The highest BCUT2D eigenvalue weighted by Crippen LogP contribution is 2.27. The van der Waals surface area contributed by atoms with E-state index in [2.05, 4.69) is 5.16 Å². The minimum absolute atomic E-state index is 0.459. The summed E-state index contributed by atoms with van der Waals surface area (Å²) in [6.45, 7) is 3.42. The summed E-state index contributed by atoms with van der Waals surface area (Å²) in [7, 11) is 0. The van der Waals surface area contributed by atoms with Crippen LogP contribution in [0.2, 0.25) is 0 Å². The molecule has 2 rings (SSSR count). The fraction of sp³-hybridized carbons (Fsp3) is 0.333. The van der Waals surface area contributed by atoms with Gasteiger partial charge in [0.25, 0.3) is 0 Å². The van der Waals surface area contributed by atoms with E-state index in [9.17, 15) is 4.79 Å². The minimum atomic E-state index is -0.805. The van der Waals surface area contributed by atoms with Crippen LogP contribution in [0.25, 0.3) is 11.0 Å². The third kappa shape index (κ3) is 1.78. The van der Waals surface area contributed by atoms with Gasteiger partial charge in [0.05, 0.1) is 11.6 Å². The van der Waals surface area contributed by atoms with Crippen LogP contribution in [0.5, 0.6) is 0 Å². The van der Waals surface area contributed by atoms with E-state index in [0.29, 0.717) is 12.0 Å². The van der Waals surface area contributed by atoms with Gasteiger partial charge < -0.3 is 9.63 Å². The van der Waals surface area contributed by atoms with Crippen LogP contribution in [-0.4, -0.2) is 16.2 Å². The van der Waals surface area contributed by atoms with Crippen molar-refractivity contribution in [3.8, 4) is 0 Å². The van der Waals surface area contributed by atoms with Crippen molar-refractivity contribution < 1.29 is 14.4 Å². The van der Waals surface area contributed by atoms with E-state index in [1.54, 1.807) is 20.0 Å². The number of hydrogen-bond donors (Lipinski definition) is 1. The Labute approximate surface area is 92.9 Å². The van der Waals surface area contributed by atoms with Gasteiger partial charge in [0, 0.05) is 5.39 Å². The highest BCUT2D eigenvalue weighted by Gasteiger charge is 2.28. The number of carboxylic acid groups (broad SMARTS) is 1. The molecule has 4 nitrogen and oxygen atoms in total. The maximum atomic E-state index is 11.1. The van der Waals surface area contributed by atoms with Crippen LogP contribution in [0.15, 0.2) is 28.9 Å². The van der Waals surface area contributed by atoms with Crippen LogP contribution in [0.1, 0.15) is 19.4 Å². The quantitative estimate of drug-likeness (QED) is 0.861. The van der Waals surface area contributed by atoms with Crippen LogP contribution in [0.3, 0.4) is 0 Å². The van der Waals surface area contributed by atoms with Crippen molar-refractivity contribution in [3.63, 3.8) is 0 Å². The summed E-state index contributed by atoms with van der Waals surface area (Å²) in [6.07, 6.45) is 2.09. The first-order chi connectivity index (χ1) is 7.50. The first kappa shape index (κ1) is 10.7. The molecule has 0 aliphatic carbocycles. The molecule has 4 heteroatoms. The molecule has 1 N–H and O–H groups in total. The molecule has 0 radical (unpaired) electrons. The van der Waals surface area contributed by atoms with Crippen LogP contribution in [0.4, 0.5) is 0 Å². The maximum absolute atomic E-state index is 11.1. The van der Waals surface area contributed by atoms with Gasteiger partial charge in [-0.1, -0.05) is 17.3 Å². The van der Waals surface area contributed by atoms with Crippen LogP contribution >= 0.6 is 0 Å². The van der Waals surface area contributed by atoms with E-state index < -0.39 is 11.4 Å². The van der Waals surface area contributed by atoms with Gasteiger partial charge >= 0.3 is 5.97 Å². The van der Waals surface area contributed by atoms with Crippen molar-refractivity contribution in [3.05, 3.63) is 30.0 Å². The number of aromatic nitrogens is 1. The lowest BCUT2D eigenvalue weighted by Gasteiger charge is -2.19. The van der Waals surface area contributed by atoms with E-state index >= 15 is 0 Å². The van der Waals surface area contributed by atoms with E-state index in [-0.39, 0.29) is 0 Å². The molecule has 0 spiro atoms. The molecule has 0 amide bonds. The lowest BCUT2D eigenvalue weighted by Crippen LogP contribution is -2.26. The van der Waals surface area contributed by atoms with E-state index in [4.69, 9.17) is 9.63 Å². The van der Waals surface area contributed by atoms with Gasteiger partial charge in [-0.3, -0.25) is 4.79 Å². The number of nitrogens with zero attached hydrogens (tertiary/aromatic N) is 1. The highest BCUT2D eigenvalue weighted by atomic mass is 16.5. The Bertz CT molecular complexity index is 528. The zero-order valence-corrected chi connectivity index (χ0v) is 9.23. The molecule has 0 saturated carbocycles. The van der Waals surface area contributed by atoms with Crippen molar-refractivity contribution >= 4 is 16.9 Å². The maximum Gasteiger partial charge on any atom is 0.309 e. The van der Waals surface area contributed by atoms with Gasteiger partial charge in [-0.2, -0.15) is 0 Å². The SMILES string of the molecule is CC(C)(Cc1cccc2oncc12)C(=O)O. The van der Waals surface area contributed by atoms with Crippen LogP contribution in [0, 0.1) is 5.41 Å². The van der Waals surface area contributed by atoms with Gasteiger partial charge in [0.15, 0.2) is 5.58 Å². The zero-order chi connectivity index (χ0) is 11.8. The van der Waals surface area contributed by atoms with Gasteiger partial charge in [-0.15, -0.1) is 0 Å².